The lowest BCUT2D eigenvalue weighted by Crippen LogP contribution is -2.46. The molecule has 0 unspecified atom stereocenters. The van der Waals surface area contributed by atoms with Crippen molar-refractivity contribution in [3.8, 4) is 0 Å². The summed E-state index contributed by atoms with van der Waals surface area (Å²) in [7, 11) is 5.19. The van der Waals surface area contributed by atoms with Gasteiger partial charge in [-0.3, -0.25) is 4.68 Å². The smallest absolute Gasteiger partial charge is 0.168 e. The summed E-state index contributed by atoms with van der Waals surface area (Å²) in [5.74, 6) is 0.683. The van der Waals surface area contributed by atoms with Crippen molar-refractivity contribution in [2.75, 3.05) is 20.0 Å². The summed E-state index contributed by atoms with van der Waals surface area (Å²) in [6.07, 6.45) is 1.69. The lowest BCUT2D eigenvalue weighted by Gasteiger charge is -2.44. The molecule has 0 radical (unpaired) electrons. The molecule has 84 valence electrons. The Bertz CT molecular complexity index is 330. The SMILES string of the molecule is COC1(OC)CC(c2cc(N)n(C)n2)C1. The van der Waals surface area contributed by atoms with Crippen molar-refractivity contribution in [3.63, 3.8) is 0 Å². The number of nitrogens with zero attached hydrogens (tertiary/aromatic N) is 2. The van der Waals surface area contributed by atoms with Crippen LogP contribution in [0, 0.1) is 0 Å². The average Bonchev–Trinajstić information content (AvgIpc) is 2.47. The number of anilines is 1. The lowest BCUT2D eigenvalue weighted by molar-refractivity contribution is -0.258. The number of nitrogens with two attached hydrogens (primary N) is 1. The van der Waals surface area contributed by atoms with Crippen LogP contribution in [0.2, 0.25) is 0 Å². The first-order valence-corrected chi connectivity index (χ1v) is 5.00. The standard InChI is InChI=1S/C10H17N3O2/c1-13-9(11)4-8(12-13)7-5-10(6-7,14-2)15-3/h4,7H,5-6,11H2,1-3H3. The molecule has 1 aliphatic carbocycles. The first-order chi connectivity index (χ1) is 7.10. The number of hydrogen-bond donors (Lipinski definition) is 1. The van der Waals surface area contributed by atoms with Gasteiger partial charge in [-0.25, -0.2) is 0 Å². The minimum Gasteiger partial charge on any atom is -0.384 e. The van der Waals surface area contributed by atoms with Crippen LogP contribution in [-0.4, -0.2) is 29.8 Å². The molecule has 0 aliphatic heterocycles. The summed E-state index contributed by atoms with van der Waals surface area (Å²) in [4.78, 5) is 0. The third-order valence-electron chi connectivity index (χ3n) is 3.21. The Morgan fingerprint density at radius 2 is 2.07 bits per heavy atom. The highest BCUT2D eigenvalue weighted by Crippen LogP contribution is 2.46. The predicted octanol–water partition coefficient (Wildman–Crippen LogP) is 0.869. The second kappa shape index (κ2) is 3.50. The van der Waals surface area contributed by atoms with Crippen molar-refractivity contribution in [3.05, 3.63) is 11.8 Å². The summed E-state index contributed by atoms with van der Waals surface area (Å²) in [5, 5.41) is 4.35. The first kappa shape index (κ1) is 10.4. The lowest BCUT2D eigenvalue weighted by atomic mass is 9.77. The molecular weight excluding hydrogens is 194 g/mol. The molecule has 1 aliphatic rings. The minimum absolute atomic E-state index is 0.397. The zero-order valence-electron chi connectivity index (χ0n) is 9.36. The van der Waals surface area contributed by atoms with Gasteiger partial charge in [-0.1, -0.05) is 0 Å². The fourth-order valence-corrected chi connectivity index (χ4v) is 2.02. The number of hydrogen-bond acceptors (Lipinski definition) is 4. The molecule has 0 bridgehead atoms. The molecule has 1 heterocycles. The second-order valence-electron chi connectivity index (χ2n) is 4.04. The van der Waals surface area contributed by atoms with E-state index >= 15 is 0 Å². The van der Waals surface area contributed by atoms with Gasteiger partial charge in [0, 0.05) is 46.1 Å². The summed E-state index contributed by atoms with van der Waals surface area (Å²) in [5.41, 5.74) is 6.76. The molecule has 1 saturated carbocycles. The first-order valence-electron chi connectivity index (χ1n) is 5.00. The van der Waals surface area contributed by atoms with E-state index in [1.807, 2.05) is 13.1 Å². The van der Waals surface area contributed by atoms with Gasteiger partial charge >= 0.3 is 0 Å². The van der Waals surface area contributed by atoms with E-state index in [1.54, 1.807) is 18.9 Å². The van der Waals surface area contributed by atoms with Gasteiger partial charge in [0.1, 0.15) is 5.82 Å². The summed E-state index contributed by atoms with van der Waals surface area (Å²) in [6.45, 7) is 0. The maximum Gasteiger partial charge on any atom is 0.168 e. The normalized spacial score (nSPS) is 20.2. The van der Waals surface area contributed by atoms with E-state index < -0.39 is 5.79 Å². The molecule has 2 N–H and O–H groups in total. The molecule has 2 rings (SSSR count). The van der Waals surface area contributed by atoms with Crippen molar-refractivity contribution >= 4 is 5.82 Å². The Morgan fingerprint density at radius 1 is 1.47 bits per heavy atom. The molecule has 0 aromatic carbocycles. The van der Waals surface area contributed by atoms with Gasteiger partial charge in [-0.2, -0.15) is 5.10 Å². The van der Waals surface area contributed by atoms with Crippen LogP contribution in [0.4, 0.5) is 5.82 Å². The Morgan fingerprint density at radius 3 is 2.47 bits per heavy atom. The fraction of sp³-hybridized carbons (Fsp3) is 0.700. The van der Waals surface area contributed by atoms with E-state index in [2.05, 4.69) is 5.10 Å². The number of nitrogen functional groups attached to an aromatic ring is 1. The average molecular weight is 211 g/mol. The van der Waals surface area contributed by atoms with Crippen LogP contribution in [0.3, 0.4) is 0 Å². The molecule has 0 saturated heterocycles. The van der Waals surface area contributed by atoms with Crippen LogP contribution in [0.5, 0.6) is 0 Å². The fourth-order valence-electron chi connectivity index (χ4n) is 2.02. The van der Waals surface area contributed by atoms with Gasteiger partial charge in [0.15, 0.2) is 5.79 Å². The highest BCUT2D eigenvalue weighted by molar-refractivity contribution is 5.33. The van der Waals surface area contributed by atoms with Crippen LogP contribution in [0.15, 0.2) is 6.07 Å². The molecule has 5 nitrogen and oxygen atoms in total. The van der Waals surface area contributed by atoms with Crippen molar-refractivity contribution in [2.45, 2.75) is 24.5 Å². The van der Waals surface area contributed by atoms with Gasteiger partial charge in [-0.05, 0) is 0 Å². The third kappa shape index (κ3) is 1.61. The molecule has 0 amide bonds. The molecule has 1 aromatic rings. The quantitative estimate of drug-likeness (QED) is 0.753. The van der Waals surface area contributed by atoms with E-state index in [4.69, 9.17) is 15.2 Å². The van der Waals surface area contributed by atoms with E-state index in [-0.39, 0.29) is 0 Å². The second-order valence-corrected chi connectivity index (χ2v) is 4.04. The number of ether oxygens (including phenoxy) is 2. The minimum atomic E-state index is -0.406. The zero-order chi connectivity index (χ0) is 11.1. The Kier molecular flexibility index (Phi) is 2.44. The van der Waals surface area contributed by atoms with Crippen molar-refractivity contribution < 1.29 is 9.47 Å². The van der Waals surface area contributed by atoms with Gasteiger partial charge < -0.3 is 15.2 Å². The van der Waals surface area contributed by atoms with Crippen LogP contribution in [0.1, 0.15) is 24.5 Å². The number of rotatable bonds is 3. The molecule has 0 spiro atoms. The van der Waals surface area contributed by atoms with Crippen molar-refractivity contribution in [1.29, 1.82) is 0 Å². The van der Waals surface area contributed by atoms with Crippen LogP contribution in [-0.2, 0) is 16.5 Å². The topological polar surface area (TPSA) is 62.3 Å². The van der Waals surface area contributed by atoms with Gasteiger partial charge in [0.2, 0.25) is 0 Å². The summed E-state index contributed by atoms with van der Waals surface area (Å²) >= 11 is 0. The van der Waals surface area contributed by atoms with Gasteiger partial charge in [-0.15, -0.1) is 0 Å². The third-order valence-corrected chi connectivity index (χ3v) is 3.21. The number of methoxy groups -OCH3 is 2. The molecular formula is C10H17N3O2. The van der Waals surface area contributed by atoms with E-state index in [0.29, 0.717) is 11.7 Å². The van der Waals surface area contributed by atoms with Gasteiger partial charge in [0.05, 0.1) is 5.69 Å². The van der Waals surface area contributed by atoms with Crippen molar-refractivity contribution in [2.24, 2.45) is 7.05 Å². The Hall–Kier alpha value is -1.07. The summed E-state index contributed by atoms with van der Waals surface area (Å²) < 4.78 is 12.3. The maximum atomic E-state index is 5.73. The van der Waals surface area contributed by atoms with Crippen LogP contribution >= 0.6 is 0 Å². The monoisotopic (exact) mass is 211 g/mol. The van der Waals surface area contributed by atoms with Crippen LogP contribution < -0.4 is 5.73 Å². The Balaban J connectivity index is 2.05. The van der Waals surface area contributed by atoms with E-state index in [1.165, 1.54) is 0 Å². The molecule has 1 aromatic heterocycles. The Labute approximate surface area is 89.2 Å². The highest BCUT2D eigenvalue weighted by atomic mass is 16.7. The summed E-state index contributed by atoms with van der Waals surface area (Å²) in [6, 6.07) is 1.92. The molecule has 0 atom stereocenters. The zero-order valence-corrected chi connectivity index (χ0v) is 9.36. The van der Waals surface area contributed by atoms with Gasteiger partial charge in [0.25, 0.3) is 0 Å². The number of aromatic nitrogens is 2. The van der Waals surface area contributed by atoms with Crippen LogP contribution in [0.25, 0.3) is 0 Å². The predicted molar refractivity (Wildman–Crippen MR) is 56.3 cm³/mol. The molecule has 1 fully saturated rings. The maximum absolute atomic E-state index is 5.73. The highest BCUT2D eigenvalue weighted by Gasteiger charge is 2.46. The van der Waals surface area contributed by atoms with E-state index in [0.717, 1.165) is 18.5 Å². The largest absolute Gasteiger partial charge is 0.384 e. The van der Waals surface area contributed by atoms with Crippen molar-refractivity contribution in [1.82, 2.24) is 9.78 Å². The molecule has 5 heteroatoms. The molecule has 15 heavy (non-hydrogen) atoms. The van der Waals surface area contributed by atoms with E-state index in [9.17, 15) is 0 Å². The number of aryl methyl sites for hydroxylation is 1.